The van der Waals surface area contributed by atoms with Crippen LogP contribution in [0, 0.1) is 0 Å². The van der Waals surface area contributed by atoms with Crippen LogP contribution in [-0.4, -0.2) is 23.5 Å². The molecule has 6 nitrogen and oxygen atoms in total. The Hall–Kier alpha value is -3.68. The minimum absolute atomic E-state index is 0.0561. The van der Waals surface area contributed by atoms with Crippen LogP contribution >= 0.6 is 23.8 Å². The van der Waals surface area contributed by atoms with Gasteiger partial charge in [-0.1, -0.05) is 72.3 Å². The number of hydrogen-bond acceptors (Lipinski definition) is 4. The van der Waals surface area contributed by atoms with E-state index in [1.807, 2.05) is 48.5 Å². The Balaban J connectivity index is 1.38. The fourth-order valence-electron chi connectivity index (χ4n) is 2.65. The van der Waals surface area contributed by atoms with Crippen LogP contribution in [0.3, 0.4) is 0 Å². The summed E-state index contributed by atoms with van der Waals surface area (Å²) in [4.78, 5) is 23.9. The monoisotopic (exact) mass is 465 g/mol. The number of thiocarbonyl (C=S) groups is 1. The molecule has 3 N–H and O–H groups in total. The minimum Gasteiger partial charge on any atom is -0.484 e. The number of nitrogens with one attached hydrogen (secondary N) is 3. The number of carbonyl (C=O) groups is 2. The van der Waals surface area contributed by atoms with Gasteiger partial charge in [-0.3, -0.25) is 25.8 Å². The van der Waals surface area contributed by atoms with Gasteiger partial charge in [0.2, 0.25) is 5.91 Å². The Labute approximate surface area is 196 Å². The van der Waals surface area contributed by atoms with Crippen molar-refractivity contribution in [3.8, 4) is 16.9 Å². The molecule has 8 heteroatoms. The van der Waals surface area contributed by atoms with Crippen LogP contribution in [0.15, 0.2) is 84.9 Å². The molecule has 2 amide bonds. The van der Waals surface area contributed by atoms with Gasteiger partial charge in [-0.15, -0.1) is 0 Å². The van der Waals surface area contributed by atoms with Crippen molar-refractivity contribution >= 4 is 46.8 Å². The standard InChI is InChI=1S/C24H20ClN3O3S/c25-21-9-5-4-8-19(21)12-15-22(29)26-24(32)28-27-23(30)16-31-20-13-10-18(11-14-20)17-6-2-1-3-7-17/h1-15H,16H2,(H,27,30)(H2,26,28,29,32). The summed E-state index contributed by atoms with van der Waals surface area (Å²) in [5.41, 5.74) is 7.66. The summed E-state index contributed by atoms with van der Waals surface area (Å²) < 4.78 is 5.46. The molecule has 0 bridgehead atoms. The first kappa shape index (κ1) is 23.0. The first-order valence-electron chi connectivity index (χ1n) is 9.62. The smallest absolute Gasteiger partial charge is 0.276 e. The molecule has 0 aliphatic rings. The molecule has 0 saturated carbocycles. The highest BCUT2D eigenvalue weighted by atomic mass is 35.5. The van der Waals surface area contributed by atoms with Crippen molar-refractivity contribution in [1.29, 1.82) is 0 Å². The third-order valence-corrected chi connectivity index (χ3v) is 4.75. The Kier molecular flexibility index (Phi) is 8.36. The van der Waals surface area contributed by atoms with Gasteiger partial charge < -0.3 is 4.74 Å². The van der Waals surface area contributed by atoms with Crippen LogP contribution < -0.4 is 20.9 Å². The summed E-state index contributed by atoms with van der Waals surface area (Å²) >= 11 is 11.0. The third-order valence-electron chi connectivity index (χ3n) is 4.20. The number of hydrazine groups is 1. The van der Waals surface area contributed by atoms with Gasteiger partial charge in [0.25, 0.3) is 5.91 Å². The Bertz CT molecular complexity index is 1120. The van der Waals surface area contributed by atoms with E-state index in [0.29, 0.717) is 16.3 Å². The lowest BCUT2D eigenvalue weighted by Crippen LogP contribution is -2.49. The molecule has 3 aromatic rings. The van der Waals surface area contributed by atoms with Gasteiger partial charge in [0.15, 0.2) is 11.7 Å². The van der Waals surface area contributed by atoms with Gasteiger partial charge in [0.1, 0.15) is 5.75 Å². The molecular weight excluding hydrogens is 446 g/mol. The van der Waals surface area contributed by atoms with Gasteiger partial charge in [-0.2, -0.15) is 0 Å². The highest BCUT2D eigenvalue weighted by Crippen LogP contribution is 2.22. The summed E-state index contributed by atoms with van der Waals surface area (Å²) in [5.74, 6) is -0.368. The molecule has 0 atom stereocenters. The van der Waals surface area contributed by atoms with Crippen LogP contribution in [0.25, 0.3) is 17.2 Å². The predicted octanol–water partition coefficient (Wildman–Crippen LogP) is 4.12. The van der Waals surface area contributed by atoms with Crippen LogP contribution in [0.2, 0.25) is 5.02 Å². The zero-order chi connectivity index (χ0) is 22.8. The fraction of sp³-hybridized carbons (Fsp3) is 0.0417. The average molecular weight is 466 g/mol. The van der Waals surface area contributed by atoms with Crippen molar-refractivity contribution in [3.63, 3.8) is 0 Å². The molecule has 32 heavy (non-hydrogen) atoms. The number of benzene rings is 3. The SMILES string of the molecule is O=C(C=Cc1ccccc1Cl)NC(=S)NNC(=O)COc1ccc(-c2ccccc2)cc1. The second kappa shape index (κ2) is 11.6. The van der Waals surface area contributed by atoms with E-state index in [1.165, 1.54) is 6.08 Å². The van der Waals surface area contributed by atoms with E-state index in [-0.39, 0.29) is 11.7 Å². The van der Waals surface area contributed by atoms with Gasteiger partial charge in [0, 0.05) is 11.1 Å². The number of rotatable bonds is 6. The molecular formula is C24H20ClN3O3S. The summed E-state index contributed by atoms with van der Waals surface area (Å²) in [6.07, 6.45) is 2.86. The molecule has 162 valence electrons. The molecule has 3 rings (SSSR count). The van der Waals surface area contributed by atoms with Crippen LogP contribution in [0.1, 0.15) is 5.56 Å². The highest BCUT2D eigenvalue weighted by molar-refractivity contribution is 7.80. The minimum atomic E-state index is -0.466. The molecule has 0 heterocycles. The molecule has 0 aliphatic heterocycles. The van der Waals surface area contributed by atoms with Crippen molar-refractivity contribution in [2.24, 2.45) is 0 Å². The van der Waals surface area contributed by atoms with E-state index in [1.54, 1.807) is 36.4 Å². The van der Waals surface area contributed by atoms with E-state index in [2.05, 4.69) is 16.2 Å². The molecule has 0 spiro atoms. The second-order valence-electron chi connectivity index (χ2n) is 6.53. The Morgan fingerprint density at radius 1 is 0.875 bits per heavy atom. The van der Waals surface area contributed by atoms with Crippen molar-refractivity contribution in [2.45, 2.75) is 0 Å². The summed E-state index contributed by atoms with van der Waals surface area (Å²) in [6, 6.07) is 24.5. The van der Waals surface area contributed by atoms with Gasteiger partial charge >= 0.3 is 0 Å². The Morgan fingerprint density at radius 3 is 2.25 bits per heavy atom. The first-order valence-corrected chi connectivity index (χ1v) is 10.4. The lowest BCUT2D eigenvalue weighted by atomic mass is 10.1. The van der Waals surface area contributed by atoms with Crippen molar-refractivity contribution in [1.82, 2.24) is 16.2 Å². The third kappa shape index (κ3) is 7.23. The Morgan fingerprint density at radius 2 is 1.53 bits per heavy atom. The summed E-state index contributed by atoms with van der Waals surface area (Å²) in [7, 11) is 0. The van der Waals surface area contributed by atoms with Gasteiger partial charge in [-0.05, 0) is 53.2 Å². The number of halogens is 1. The lowest BCUT2D eigenvalue weighted by Gasteiger charge is -2.11. The molecule has 0 aliphatic carbocycles. The molecule has 0 radical (unpaired) electrons. The summed E-state index contributed by atoms with van der Waals surface area (Å²) in [5, 5.41) is 2.89. The van der Waals surface area contributed by atoms with Crippen LogP contribution in [0.4, 0.5) is 0 Å². The first-order chi connectivity index (χ1) is 15.5. The largest absolute Gasteiger partial charge is 0.484 e. The number of carbonyl (C=O) groups excluding carboxylic acids is 2. The fourth-order valence-corrected chi connectivity index (χ4v) is 3.00. The number of amides is 2. The normalized spacial score (nSPS) is 10.4. The van der Waals surface area contributed by atoms with E-state index in [0.717, 1.165) is 11.1 Å². The highest BCUT2D eigenvalue weighted by Gasteiger charge is 2.06. The zero-order valence-corrected chi connectivity index (χ0v) is 18.5. The quantitative estimate of drug-likeness (QED) is 0.290. The van der Waals surface area contributed by atoms with E-state index in [4.69, 9.17) is 28.6 Å². The maximum Gasteiger partial charge on any atom is 0.276 e. The predicted molar refractivity (Wildman–Crippen MR) is 130 cm³/mol. The van der Waals surface area contributed by atoms with Crippen molar-refractivity contribution < 1.29 is 14.3 Å². The van der Waals surface area contributed by atoms with Crippen molar-refractivity contribution in [2.75, 3.05) is 6.61 Å². The van der Waals surface area contributed by atoms with E-state index < -0.39 is 11.8 Å². The van der Waals surface area contributed by atoms with Gasteiger partial charge in [-0.25, -0.2) is 0 Å². The lowest BCUT2D eigenvalue weighted by molar-refractivity contribution is -0.123. The maximum absolute atomic E-state index is 11.9. The average Bonchev–Trinajstić information content (AvgIpc) is 2.82. The van der Waals surface area contributed by atoms with Crippen LogP contribution in [0.5, 0.6) is 5.75 Å². The molecule has 0 fully saturated rings. The molecule has 0 aromatic heterocycles. The zero-order valence-electron chi connectivity index (χ0n) is 16.9. The number of hydrogen-bond donors (Lipinski definition) is 3. The van der Waals surface area contributed by atoms with E-state index >= 15 is 0 Å². The number of ether oxygens (including phenoxy) is 1. The second-order valence-corrected chi connectivity index (χ2v) is 7.34. The molecule has 3 aromatic carbocycles. The summed E-state index contributed by atoms with van der Waals surface area (Å²) in [6.45, 7) is -0.222. The maximum atomic E-state index is 11.9. The van der Waals surface area contributed by atoms with Crippen LogP contribution in [-0.2, 0) is 9.59 Å². The molecule has 0 saturated heterocycles. The van der Waals surface area contributed by atoms with E-state index in [9.17, 15) is 9.59 Å². The van der Waals surface area contributed by atoms with Crippen molar-refractivity contribution in [3.05, 3.63) is 95.5 Å². The van der Waals surface area contributed by atoms with Gasteiger partial charge in [0.05, 0.1) is 0 Å². The topological polar surface area (TPSA) is 79.5 Å². The molecule has 0 unspecified atom stereocenters.